The van der Waals surface area contributed by atoms with Crippen LogP contribution in [0.4, 0.5) is 0 Å². The molecular formula is C35H42N4O3S. The van der Waals surface area contributed by atoms with Crippen LogP contribution in [0.2, 0.25) is 0 Å². The van der Waals surface area contributed by atoms with Crippen molar-refractivity contribution in [2.45, 2.75) is 87.7 Å². The molecule has 0 aliphatic carbocycles. The Balaban J connectivity index is 1.44. The molecular weight excluding hydrogens is 556 g/mol. The van der Waals surface area contributed by atoms with Gasteiger partial charge in [-0.3, -0.25) is 14.6 Å². The molecule has 0 saturated carbocycles. The summed E-state index contributed by atoms with van der Waals surface area (Å²) in [5, 5.41) is 8.43. The highest BCUT2D eigenvalue weighted by Gasteiger charge is 2.14. The molecule has 0 aliphatic heterocycles. The average Bonchev–Trinajstić information content (AvgIpc) is 3.39. The Bertz CT molecular complexity index is 1500. The quantitative estimate of drug-likeness (QED) is 0.0968. The molecule has 1 amide bonds. The second-order valence-electron chi connectivity index (χ2n) is 10.6. The number of rotatable bonds is 17. The van der Waals surface area contributed by atoms with Crippen LogP contribution >= 0.6 is 11.8 Å². The van der Waals surface area contributed by atoms with Crippen LogP contribution in [0.1, 0.15) is 92.9 Å². The fraction of sp³-hybridized carbons (Fsp3) is 0.371. The van der Waals surface area contributed by atoms with Gasteiger partial charge in [0.1, 0.15) is 0 Å². The molecule has 4 aromatic rings. The number of fused-ring (bicyclic) bond motifs is 1. The van der Waals surface area contributed by atoms with Crippen molar-refractivity contribution in [2.24, 2.45) is 0 Å². The molecule has 2 aromatic carbocycles. The molecule has 8 heteroatoms. The minimum absolute atomic E-state index is 0.0349. The van der Waals surface area contributed by atoms with E-state index < -0.39 is 0 Å². The van der Waals surface area contributed by atoms with Crippen molar-refractivity contribution >= 4 is 46.7 Å². The third-order valence-corrected chi connectivity index (χ3v) is 8.34. The molecule has 4 rings (SSSR count). The summed E-state index contributed by atoms with van der Waals surface area (Å²) < 4.78 is 7.41. The first-order valence-corrected chi connectivity index (χ1v) is 16.1. The molecule has 0 bridgehead atoms. The number of pyridine rings is 1. The molecule has 0 atom stereocenters. The number of nitrogens with one attached hydrogen (secondary N) is 1. The van der Waals surface area contributed by atoms with E-state index in [0.717, 1.165) is 44.9 Å². The molecule has 226 valence electrons. The number of ether oxygens (including phenoxy) is 1. The van der Waals surface area contributed by atoms with E-state index in [0.29, 0.717) is 12.0 Å². The highest BCUT2D eigenvalue weighted by Crippen LogP contribution is 2.33. The Hall–Kier alpha value is -3.91. The van der Waals surface area contributed by atoms with Crippen molar-refractivity contribution in [3.8, 4) is 0 Å². The molecule has 0 spiro atoms. The molecule has 0 aliphatic rings. The van der Waals surface area contributed by atoms with Gasteiger partial charge < -0.3 is 10.1 Å². The zero-order chi connectivity index (χ0) is 30.3. The Kier molecular flexibility index (Phi) is 12.9. The second-order valence-corrected chi connectivity index (χ2v) is 11.7. The number of benzene rings is 2. The molecule has 1 N–H and O–H groups in total. The summed E-state index contributed by atoms with van der Waals surface area (Å²) in [6, 6.07) is 19.4. The summed E-state index contributed by atoms with van der Waals surface area (Å²) in [4.78, 5) is 31.2. The summed E-state index contributed by atoms with van der Waals surface area (Å²) in [6.07, 6.45) is 16.8. The summed E-state index contributed by atoms with van der Waals surface area (Å²) in [7, 11) is 1.63. The maximum Gasteiger partial charge on any atom is 0.307 e. The molecule has 0 fully saturated rings. The zero-order valence-corrected chi connectivity index (χ0v) is 26.1. The largest absolute Gasteiger partial charge is 0.442 e. The van der Waals surface area contributed by atoms with Crippen molar-refractivity contribution in [1.29, 1.82) is 0 Å². The van der Waals surface area contributed by atoms with Crippen LogP contribution < -0.4 is 5.32 Å². The minimum atomic E-state index is -0.206. The van der Waals surface area contributed by atoms with Crippen LogP contribution in [0, 0.1) is 0 Å². The molecule has 0 saturated heterocycles. The van der Waals surface area contributed by atoms with Gasteiger partial charge in [-0.05, 0) is 61.0 Å². The van der Waals surface area contributed by atoms with Gasteiger partial charge in [0.25, 0.3) is 5.91 Å². The topological polar surface area (TPSA) is 86.1 Å². The normalized spacial score (nSPS) is 11.3. The van der Waals surface area contributed by atoms with Gasteiger partial charge in [0.15, 0.2) is 6.73 Å². The summed E-state index contributed by atoms with van der Waals surface area (Å²) in [5.74, 6) is -0.336. The van der Waals surface area contributed by atoms with Crippen molar-refractivity contribution < 1.29 is 14.3 Å². The lowest BCUT2D eigenvalue weighted by Gasteiger charge is -2.09. The fourth-order valence-corrected chi connectivity index (χ4v) is 5.87. The Morgan fingerprint density at radius 2 is 1.65 bits per heavy atom. The van der Waals surface area contributed by atoms with E-state index in [1.54, 1.807) is 17.9 Å². The summed E-state index contributed by atoms with van der Waals surface area (Å²) >= 11 is 1.51. The van der Waals surface area contributed by atoms with Gasteiger partial charge in [-0.25, -0.2) is 4.68 Å². The van der Waals surface area contributed by atoms with Crippen molar-refractivity contribution in [2.75, 3.05) is 7.05 Å². The van der Waals surface area contributed by atoms with Gasteiger partial charge in [0, 0.05) is 34.8 Å². The molecule has 0 radical (unpaired) electrons. The Morgan fingerprint density at radius 3 is 2.40 bits per heavy atom. The van der Waals surface area contributed by atoms with E-state index >= 15 is 0 Å². The van der Waals surface area contributed by atoms with Crippen molar-refractivity contribution in [3.63, 3.8) is 0 Å². The number of hydrogen-bond donors (Lipinski definition) is 1. The maximum absolute atomic E-state index is 12.6. The third-order valence-electron chi connectivity index (χ3n) is 7.27. The van der Waals surface area contributed by atoms with Gasteiger partial charge in [0.05, 0.1) is 22.5 Å². The maximum atomic E-state index is 12.6. The Labute approximate surface area is 259 Å². The second kappa shape index (κ2) is 17.3. The van der Waals surface area contributed by atoms with Crippen LogP contribution in [0.3, 0.4) is 0 Å². The first kappa shape index (κ1) is 32.0. The number of unbranched alkanes of at least 4 members (excludes halogenated alkanes) is 8. The van der Waals surface area contributed by atoms with Crippen LogP contribution in [-0.4, -0.2) is 33.7 Å². The van der Waals surface area contributed by atoms with Crippen LogP contribution in [-0.2, 0) is 16.3 Å². The van der Waals surface area contributed by atoms with E-state index in [-0.39, 0.29) is 18.6 Å². The molecule has 43 heavy (non-hydrogen) atoms. The van der Waals surface area contributed by atoms with Crippen molar-refractivity contribution in [1.82, 2.24) is 20.1 Å². The van der Waals surface area contributed by atoms with Crippen LogP contribution in [0.25, 0.3) is 23.1 Å². The van der Waals surface area contributed by atoms with E-state index in [1.165, 1.54) is 56.7 Å². The van der Waals surface area contributed by atoms with Gasteiger partial charge >= 0.3 is 5.97 Å². The predicted octanol–water partition coefficient (Wildman–Crippen LogP) is 8.53. The smallest absolute Gasteiger partial charge is 0.307 e. The SMILES string of the molecule is CCCCCCCCCCCC(=O)OCn1nc(/C=C/c2ccccn2)c2ccc(Sc3ccccc3C(=O)NC)cc21. The molecule has 2 heterocycles. The van der Waals surface area contributed by atoms with Gasteiger partial charge in [-0.2, -0.15) is 5.10 Å². The molecule has 2 aromatic heterocycles. The lowest BCUT2D eigenvalue weighted by atomic mass is 10.1. The van der Waals surface area contributed by atoms with Gasteiger partial charge in [-0.1, -0.05) is 88.3 Å². The monoisotopic (exact) mass is 598 g/mol. The fourth-order valence-electron chi connectivity index (χ4n) is 4.89. The van der Waals surface area contributed by atoms with E-state index in [2.05, 4.69) is 17.2 Å². The zero-order valence-electron chi connectivity index (χ0n) is 25.3. The number of aromatic nitrogens is 3. The summed E-state index contributed by atoms with van der Waals surface area (Å²) in [6.45, 7) is 2.27. The third kappa shape index (κ3) is 9.82. The van der Waals surface area contributed by atoms with Gasteiger partial charge in [-0.15, -0.1) is 0 Å². The van der Waals surface area contributed by atoms with E-state index in [9.17, 15) is 9.59 Å². The summed E-state index contributed by atoms with van der Waals surface area (Å²) in [5.41, 5.74) is 3.06. The highest BCUT2D eigenvalue weighted by atomic mass is 32.2. The number of carbonyl (C=O) groups excluding carboxylic acids is 2. The molecule has 7 nitrogen and oxygen atoms in total. The average molecular weight is 599 g/mol. The van der Waals surface area contributed by atoms with E-state index in [4.69, 9.17) is 9.84 Å². The van der Waals surface area contributed by atoms with Crippen LogP contribution in [0.15, 0.2) is 76.7 Å². The lowest BCUT2D eigenvalue weighted by Crippen LogP contribution is -2.18. The number of esters is 1. The van der Waals surface area contributed by atoms with Crippen LogP contribution in [0.5, 0.6) is 0 Å². The van der Waals surface area contributed by atoms with E-state index in [1.807, 2.05) is 72.8 Å². The number of nitrogens with zero attached hydrogens (tertiary/aromatic N) is 3. The number of hydrogen-bond acceptors (Lipinski definition) is 6. The Morgan fingerprint density at radius 1 is 0.907 bits per heavy atom. The lowest BCUT2D eigenvalue weighted by molar-refractivity contribution is -0.147. The van der Waals surface area contributed by atoms with Crippen molar-refractivity contribution in [3.05, 3.63) is 83.8 Å². The standard InChI is InChI=1S/C35H42N4O3S/c1-3-4-5-6-7-8-9-10-11-19-34(40)42-26-39-32-25-28(43-33-18-13-12-17-30(33)35(41)36-2)21-22-29(32)31(38-39)23-20-27-16-14-15-24-37-27/h12-18,20-25H,3-11,19,26H2,1-2H3,(H,36,41)/b23-20+. The first-order chi connectivity index (χ1) is 21.1. The predicted molar refractivity (Wildman–Crippen MR) is 175 cm³/mol. The number of carbonyl (C=O) groups is 2. The molecule has 0 unspecified atom stereocenters. The highest BCUT2D eigenvalue weighted by molar-refractivity contribution is 7.99. The first-order valence-electron chi connectivity index (χ1n) is 15.3. The number of amides is 1. The minimum Gasteiger partial charge on any atom is -0.442 e. The van der Waals surface area contributed by atoms with Gasteiger partial charge in [0.2, 0.25) is 0 Å².